The minimum Gasteiger partial charge on any atom is -0.486 e. The second-order valence-electron chi connectivity index (χ2n) is 3.98. The fourth-order valence-corrected chi connectivity index (χ4v) is 2.64. The van der Waals surface area contributed by atoms with Crippen LogP contribution >= 0.6 is 15.9 Å². The average Bonchev–Trinajstić information content (AvgIpc) is 2.98. The van der Waals surface area contributed by atoms with E-state index < -0.39 is 5.60 Å². The second kappa shape index (κ2) is 3.12. The predicted octanol–water partition coefficient (Wildman–Crippen LogP) is 2.20. The average molecular weight is 271 g/mol. The lowest BCUT2D eigenvalue weighted by Gasteiger charge is -2.22. The zero-order valence-corrected chi connectivity index (χ0v) is 9.71. The summed E-state index contributed by atoms with van der Waals surface area (Å²) in [7, 11) is 0. The van der Waals surface area contributed by atoms with Crippen molar-refractivity contribution < 1.29 is 14.6 Å². The molecule has 1 aromatic rings. The molecule has 0 bridgehead atoms. The minimum absolute atomic E-state index is 0.563. The van der Waals surface area contributed by atoms with Gasteiger partial charge in [-0.1, -0.05) is 6.07 Å². The number of benzene rings is 1. The van der Waals surface area contributed by atoms with Crippen LogP contribution in [0.3, 0.4) is 0 Å². The Bertz CT molecular complexity index is 413. The zero-order valence-electron chi connectivity index (χ0n) is 8.12. The van der Waals surface area contributed by atoms with E-state index >= 15 is 0 Å². The van der Waals surface area contributed by atoms with Crippen LogP contribution in [0.4, 0.5) is 0 Å². The summed E-state index contributed by atoms with van der Waals surface area (Å²) in [5.41, 5.74) is 0.265. The number of aliphatic hydroxyl groups is 1. The molecule has 1 heterocycles. The summed E-state index contributed by atoms with van der Waals surface area (Å²) in [5.74, 6) is 1.47. The van der Waals surface area contributed by atoms with E-state index in [1.807, 2.05) is 12.1 Å². The van der Waals surface area contributed by atoms with Gasteiger partial charge in [-0.3, -0.25) is 0 Å². The third-order valence-corrected chi connectivity index (χ3v) is 3.66. The molecule has 0 amide bonds. The van der Waals surface area contributed by atoms with Crippen molar-refractivity contribution in [2.24, 2.45) is 0 Å². The number of ether oxygens (including phenoxy) is 2. The van der Waals surface area contributed by atoms with Crippen LogP contribution in [0.25, 0.3) is 0 Å². The normalized spacial score (nSPS) is 21.2. The standard InChI is InChI=1S/C11H11BrO3/c12-9-7(11(13)3-4-11)1-2-8-10(9)15-6-5-14-8/h1-2,13H,3-6H2. The Morgan fingerprint density at radius 2 is 1.93 bits per heavy atom. The van der Waals surface area contributed by atoms with E-state index in [0.717, 1.165) is 34.4 Å². The van der Waals surface area contributed by atoms with Crippen molar-refractivity contribution >= 4 is 15.9 Å². The van der Waals surface area contributed by atoms with Crippen molar-refractivity contribution in [2.45, 2.75) is 18.4 Å². The molecule has 2 aliphatic rings. The highest BCUT2D eigenvalue weighted by atomic mass is 79.9. The molecular weight excluding hydrogens is 260 g/mol. The first-order valence-corrected chi connectivity index (χ1v) is 5.81. The van der Waals surface area contributed by atoms with Gasteiger partial charge >= 0.3 is 0 Å². The highest BCUT2D eigenvalue weighted by molar-refractivity contribution is 9.10. The molecule has 1 fully saturated rings. The Hall–Kier alpha value is -0.740. The Morgan fingerprint density at radius 1 is 1.20 bits per heavy atom. The molecule has 3 nitrogen and oxygen atoms in total. The van der Waals surface area contributed by atoms with Crippen LogP contribution in [0, 0.1) is 0 Å². The quantitative estimate of drug-likeness (QED) is 0.851. The van der Waals surface area contributed by atoms with Crippen LogP contribution in [0.1, 0.15) is 18.4 Å². The SMILES string of the molecule is OC1(c2ccc3c(c2Br)OCCO3)CC1. The molecule has 1 aromatic carbocycles. The molecule has 80 valence electrons. The van der Waals surface area contributed by atoms with Crippen LogP contribution in [-0.4, -0.2) is 18.3 Å². The Balaban J connectivity index is 2.11. The van der Waals surface area contributed by atoms with Crippen molar-refractivity contribution in [3.63, 3.8) is 0 Å². The molecule has 0 radical (unpaired) electrons. The summed E-state index contributed by atoms with van der Waals surface area (Å²) < 4.78 is 11.8. The summed E-state index contributed by atoms with van der Waals surface area (Å²) in [6, 6.07) is 3.77. The van der Waals surface area contributed by atoms with Crippen molar-refractivity contribution in [1.82, 2.24) is 0 Å². The van der Waals surface area contributed by atoms with Gasteiger partial charge in [0.2, 0.25) is 0 Å². The van der Waals surface area contributed by atoms with Crippen LogP contribution in [0.5, 0.6) is 11.5 Å². The molecule has 1 aliphatic heterocycles. The van der Waals surface area contributed by atoms with Crippen molar-refractivity contribution in [2.75, 3.05) is 13.2 Å². The fraction of sp³-hybridized carbons (Fsp3) is 0.455. The van der Waals surface area contributed by atoms with Crippen LogP contribution in [0.2, 0.25) is 0 Å². The monoisotopic (exact) mass is 270 g/mol. The molecule has 0 aromatic heterocycles. The van der Waals surface area contributed by atoms with Crippen LogP contribution < -0.4 is 9.47 Å². The molecule has 15 heavy (non-hydrogen) atoms. The van der Waals surface area contributed by atoms with E-state index in [4.69, 9.17) is 9.47 Å². The Labute approximate surface area is 96.1 Å². The van der Waals surface area contributed by atoms with Gasteiger partial charge in [-0.2, -0.15) is 0 Å². The number of halogens is 1. The first-order chi connectivity index (χ1) is 7.21. The first kappa shape index (κ1) is 9.48. The van der Waals surface area contributed by atoms with Crippen LogP contribution in [0.15, 0.2) is 16.6 Å². The molecule has 0 unspecified atom stereocenters. The summed E-state index contributed by atoms with van der Waals surface area (Å²) >= 11 is 3.48. The van der Waals surface area contributed by atoms with Gasteiger partial charge in [0.05, 0.1) is 10.1 Å². The summed E-state index contributed by atoms with van der Waals surface area (Å²) in [4.78, 5) is 0. The van der Waals surface area contributed by atoms with E-state index in [0.29, 0.717) is 13.2 Å². The Kier molecular flexibility index (Phi) is 1.97. The lowest BCUT2D eigenvalue weighted by Crippen LogP contribution is -2.17. The van der Waals surface area contributed by atoms with Gasteiger partial charge in [-0.05, 0) is 34.8 Å². The zero-order chi connectivity index (χ0) is 10.5. The highest BCUT2D eigenvalue weighted by Crippen LogP contribution is 2.52. The maximum atomic E-state index is 10.1. The third-order valence-electron chi connectivity index (χ3n) is 2.87. The first-order valence-electron chi connectivity index (χ1n) is 5.02. The molecule has 3 rings (SSSR count). The number of fused-ring (bicyclic) bond motifs is 1. The lowest BCUT2D eigenvalue weighted by molar-refractivity contribution is 0.146. The van der Waals surface area contributed by atoms with E-state index in [1.54, 1.807) is 0 Å². The molecule has 0 spiro atoms. The predicted molar refractivity (Wildman–Crippen MR) is 58.3 cm³/mol. The highest BCUT2D eigenvalue weighted by Gasteiger charge is 2.44. The number of hydrogen-bond donors (Lipinski definition) is 1. The lowest BCUT2D eigenvalue weighted by atomic mass is 10.1. The van der Waals surface area contributed by atoms with Gasteiger partial charge in [-0.25, -0.2) is 0 Å². The van der Waals surface area contributed by atoms with Crippen molar-refractivity contribution in [3.05, 3.63) is 22.2 Å². The van der Waals surface area contributed by atoms with Crippen molar-refractivity contribution in [3.8, 4) is 11.5 Å². The van der Waals surface area contributed by atoms with E-state index in [1.165, 1.54) is 0 Å². The molecular formula is C11H11BrO3. The maximum absolute atomic E-state index is 10.1. The van der Waals surface area contributed by atoms with E-state index in [-0.39, 0.29) is 0 Å². The fourth-order valence-electron chi connectivity index (χ4n) is 1.83. The molecule has 1 aliphatic carbocycles. The van der Waals surface area contributed by atoms with E-state index in [9.17, 15) is 5.11 Å². The number of rotatable bonds is 1. The third kappa shape index (κ3) is 1.43. The summed E-state index contributed by atoms with van der Waals surface area (Å²) in [5, 5.41) is 10.1. The summed E-state index contributed by atoms with van der Waals surface area (Å²) in [6.45, 7) is 1.15. The maximum Gasteiger partial charge on any atom is 0.175 e. The summed E-state index contributed by atoms with van der Waals surface area (Å²) in [6.07, 6.45) is 1.65. The van der Waals surface area contributed by atoms with E-state index in [2.05, 4.69) is 15.9 Å². The molecule has 0 atom stereocenters. The molecule has 1 N–H and O–H groups in total. The van der Waals surface area contributed by atoms with Gasteiger partial charge in [0.1, 0.15) is 13.2 Å². The smallest absolute Gasteiger partial charge is 0.175 e. The Morgan fingerprint density at radius 3 is 2.67 bits per heavy atom. The van der Waals surface area contributed by atoms with Crippen molar-refractivity contribution in [1.29, 1.82) is 0 Å². The largest absolute Gasteiger partial charge is 0.486 e. The van der Waals surface area contributed by atoms with Crippen LogP contribution in [-0.2, 0) is 5.60 Å². The van der Waals surface area contributed by atoms with Gasteiger partial charge in [0, 0.05) is 5.56 Å². The van der Waals surface area contributed by atoms with Gasteiger partial charge in [0.15, 0.2) is 11.5 Å². The van der Waals surface area contributed by atoms with Gasteiger partial charge in [-0.15, -0.1) is 0 Å². The van der Waals surface area contributed by atoms with Gasteiger partial charge in [0.25, 0.3) is 0 Å². The number of hydrogen-bond acceptors (Lipinski definition) is 3. The second-order valence-corrected chi connectivity index (χ2v) is 4.78. The van der Waals surface area contributed by atoms with Gasteiger partial charge < -0.3 is 14.6 Å². The topological polar surface area (TPSA) is 38.7 Å². The minimum atomic E-state index is -0.644. The molecule has 0 saturated heterocycles. The molecule has 1 saturated carbocycles. The molecule has 4 heteroatoms.